The first-order valence-electron chi connectivity index (χ1n) is 11.5. The van der Waals surface area contributed by atoms with Crippen molar-refractivity contribution in [2.45, 2.75) is 13.0 Å². The summed E-state index contributed by atoms with van der Waals surface area (Å²) in [6, 6.07) is 18.1. The molecule has 1 aliphatic heterocycles. The largest absolute Gasteiger partial charge is 0.466 e. The number of hydrogen-bond donors (Lipinski definition) is 0. The van der Waals surface area contributed by atoms with Crippen molar-refractivity contribution in [3.05, 3.63) is 108 Å². The van der Waals surface area contributed by atoms with E-state index >= 15 is 0 Å². The molecule has 1 unspecified atom stereocenters. The van der Waals surface area contributed by atoms with Gasteiger partial charge in [-0.3, -0.25) is 9.36 Å². The Bertz CT molecular complexity index is 1710. The lowest BCUT2D eigenvalue weighted by Gasteiger charge is -2.25. The van der Waals surface area contributed by atoms with Gasteiger partial charge in [0.05, 0.1) is 29.0 Å². The van der Waals surface area contributed by atoms with Gasteiger partial charge in [0.1, 0.15) is 11.5 Å². The van der Waals surface area contributed by atoms with Crippen LogP contribution in [0.3, 0.4) is 0 Å². The average Bonchev–Trinajstić information content (AvgIpc) is 3.47. The van der Waals surface area contributed by atoms with Gasteiger partial charge in [0.15, 0.2) is 4.80 Å². The molecule has 5 rings (SSSR count). The fourth-order valence-electron chi connectivity index (χ4n) is 4.32. The Balaban J connectivity index is 1.63. The fourth-order valence-corrected chi connectivity index (χ4v) is 5.54. The van der Waals surface area contributed by atoms with E-state index in [1.165, 1.54) is 18.4 Å². The van der Waals surface area contributed by atoms with Gasteiger partial charge in [-0.1, -0.05) is 47.2 Å². The number of furan rings is 1. The Hall–Kier alpha value is -3.88. The number of esters is 1. The minimum atomic E-state index is -0.666. The minimum absolute atomic E-state index is 0.264. The molecule has 2 aromatic heterocycles. The van der Waals surface area contributed by atoms with Crippen LogP contribution < -0.4 is 19.8 Å². The van der Waals surface area contributed by atoms with Crippen LogP contribution in [0, 0.1) is 0 Å². The molecular formula is C28H24ClN3O4S. The predicted molar refractivity (Wildman–Crippen MR) is 146 cm³/mol. The van der Waals surface area contributed by atoms with Crippen LogP contribution in [-0.4, -0.2) is 31.7 Å². The van der Waals surface area contributed by atoms with Crippen LogP contribution in [-0.2, 0) is 9.53 Å². The molecular weight excluding hydrogens is 510 g/mol. The topological polar surface area (TPSA) is 77.0 Å². The summed E-state index contributed by atoms with van der Waals surface area (Å²) >= 11 is 7.36. The lowest BCUT2D eigenvalue weighted by molar-refractivity contribution is -0.136. The van der Waals surface area contributed by atoms with Crippen LogP contribution >= 0.6 is 22.9 Å². The number of rotatable bonds is 5. The van der Waals surface area contributed by atoms with E-state index in [0.717, 1.165) is 16.8 Å². The predicted octanol–water partition coefficient (Wildman–Crippen LogP) is 4.39. The first kappa shape index (κ1) is 24.8. The third-order valence-corrected chi connectivity index (χ3v) is 7.38. The molecule has 3 heterocycles. The van der Waals surface area contributed by atoms with E-state index in [4.69, 9.17) is 20.8 Å². The number of ether oxygens (including phenoxy) is 1. The Kier molecular flexibility index (Phi) is 6.62. The molecule has 0 aliphatic carbocycles. The Morgan fingerprint density at radius 2 is 1.92 bits per heavy atom. The molecule has 1 aliphatic rings. The number of fused-ring (bicyclic) bond motifs is 1. The van der Waals surface area contributed by atoms with E-state index in [1.807, 2.05) is 67.5 Å². The van der Waals surface area contributed by atoms with Crippen LogP contribution in [0.25, 0.3) is 17.4 Å². The number of carbonyl (C=O) groups is 1. The smallest absolute Gasteiger partial charge is 0.338 e. The molecule has 0 fully saturated rings. The van der Waals surface area contributed by atoms with Gasteiger partial charge < -0.3 is 14.1 Å². The number of benzene rings is 2. The van der Waals surface area contributed by atoms with Crippen LogP contribution in [0.4, 0.5) is 5.69 Å². The van der Waals surface area contributed by atoms with Crippen molar-refractivity contribution in [1.29, 1.82) is 0 Å². The maximum Gasteiger partial charge on any atom is 0.338 e. The molecule has 9 heteroatoms. The van der Waals surface area contributed by atoms with Gasteiger partial charge in [-0.05, 0) is 48.9 Å². The highest BCUT2D eigenvalue weighted by atomic mass is 35.5. The molecule has 0 spiro atoms. The molecule has 0 saturated heterocycles. The lowest BCUT2D eigenvalue weighted by atomic mass is 9.95. The van der Waals surface area contributed by atoms with Gasteiger partial charge in [-0.2, -0.15) is 0 Å². The van der Waals surface area contributed by atoms with Gasteiger partial charge in [-0.25, -0.2) is 9.79 Å². The summed E-state index contributed by atoms with van der Waals surface area (Å²) < 4.78 is 13.1. The van der Waals surface area contributed by atoms with E-state index < -0.39 is 12.0 Å². The number of anilines is 1. The number of carbonyl (C=O) groups excluding carboxylic acids is 1. The van der Waals surface area contributed by atoms with Crippen molar-refractivity contribution in [1.82, 2.24) is 4.57 Å². The number of halogens is 1. The molecule has 188 valence electrons. The fraction of sp³-hybridized carbons (Fsp3) is 0.179. The van der Waals surface area contributed by atoms with Crippen LogP contribution in [0.2, 0.25) is 5.02 Å². The highest BCUT2D eigenvalue weighted by molar-refractivity contribution is 7.07. The summed E-state index contributed by atoms with van der Waals surface area (Å²) in [5.74, 6) is 0.648. The zero-order valence-corrected chi connectivity index (χ0v) is 22.3. The number of aromatic nitrogens is 1. The second-order valence-corrected chi connectivity index (χ2v) is 10.2. The first-order chi connectivity index (χ1) is 17.8. The maximum atomic E-state index is 13.7. The number of hydrogen-bond acceptors (Lipinski definition) is 7. The second-order valence-electron chi connectivity index (χ2n) is 8.77. The monoisotopic (exact) mass is 533 g/mol. The van der Waals surface area contributed by atoms with Crippen molar-refractivity contribution >= 4 is 40.7 Å². The van der Waals surface area contributed by atoms with Gasteiger partial charge >= 0.3 is 5.97 Å². The number of allylic oxidation sites excluding steroid dienone is 1. The number of methoxy groups -OCH3 is 1. The van der Waals surface area contributed by atoms with E-state index in [1.54, 1.807) is 29.7 Å². The molecule has 1 atom stereocenters. The first-order valence-corrected chi connectivity index (χ1v) is 12.7. The highest BCUT2D eigenvalue weighted by Gasteiger charge is 2.33. The van der Waals surface area contributed by atoms with Crippen molar-refractivity contribution < 1.29 is 13.9 Å². The van der Waals surface area contributed by atoms with Crippen LogP contribution in [0.5, 0.6) is 0 Å². The summed E-state index contributed by atoms with van der Waals surface area (Å²) in [6.07, 6.45) is 1.70. The van der Waals surface area contributed by atoms with Crippen LogP contribution in [0.1, 0.15) is 24.3 Å². The van der Waals surface area contributed by atoms with Crippen molar-refractivity contribution in [2.24, 2.45) is 4.99 Å². The van der Waals surface area contributed by atoms with E-state index in [0.29, 0.717) is 37.1 Å². The standard InChI is InChI=1S/C28H24ClN3O4S/c1-16-24(27(34)35-4)25(17-8-10-20(11-9-17)31(2)3)32-26(33)23(37-28(32)30-16)15-21-12-13-22(36-21)18-6-5-7-19(29)14-18/h5-15,25H,1-4H3/b23-15+. The maximum absolute atomic E-state index is 13.7. The molecule has 0 N–H and O–H groups in total. The summed E-state index contributed by atoms with van der Waals surface area (Å²) in [4.78, 5) is 33.6. The molecule has 0 amide bonds. The van der Waals surface area contributed by atoms with E-state index in [2.05, 4.69) is 4.99 Å². The Labute approximate surface area is 222 Å². The second kappa shape index (κ2) is 9.88. The summed E-state index contributed by atoms with van der Waals surface area (Å²) in [5.41, 5.74) is 3.22. The third kappa shape index (κ3) is 4.65. The molecule has 4 aromatic rings. The highest BCUT2D eigenvalue weighted by Crippen LogP contribution is 2.31. The van der Waals surface area contributed by atoms with E-state index in [9.17, 15) is 9.59 Å². The lowest BCUT2D eigenvalue weighted by Crippen LogP contribution is -2.39. The number of thiazole rings is 1. The van der Waals surface area contributed by atoms with Gasteiger partial charge in [-0.15, -0.1) is 0 Å². The zero-order chi connectivity index (χ0) is 26.3. The normalized spacial score (nSPS) is 15.4. The summed E-state index contributed by atoms with van der Waals surface area (Å²) in [6.45, 7) is 1.76. The van der Waals surface area contributed by atoms with Crippen molar-refractivity contribution in [3.8, 4) is 11.3 Å². The van der Waals surface area contributed by atoms with Gasteiger partial charge in [0.25, 0.3) is 5.56 Å². The van der Waals surface area contributed by atoms with E-state index in [-0.39, 0.29) is 5.56 Å². The minimum Gasteiger partial charge on any atom is -0.466 e. The molecule has 37 heavy (non-hydrogen) atoms. The molecule has 0 bridgehead atoms. The average molecular weight is 534 g/mol. The SMILES string of the molecule is COC(=O)C1=C(C)N=c2s/c(=C/c3ccc(-c4cccc(Cl)c4)o3)c(=O)n2C1c1ccc(N(C)C)cc1. The Morgan fingerprint density at radius 3 is 2.59 bits per heavy atom. The van der Waals surface area contributed by atoms with Gasteiger partial charge in [0.2, 0.25) is 0 Å². The quantitative estimate of drug-likeness (QED) is 0.356. The summed E-state index contributed by atoms with van der Waals surface area (Å²) in [7, 11) is 5.23. The number of nitrogens with zero attached hydrogens (tertiary/aromatic N) is 3. The van der Waals surface area contributed by atoms with Crippen molar-refractivity contribution in [3.63, 3.8) is 0 Å². The third-order valence-electron chi connectivity index (χ3n) is 6.16. The zero-order valence-electron chi connectivity index (χ0n) is 20.7. The molecule has 2 aromatic carbocycles. The summed E-state index contributed by atoms with van der Waals surface area (Å²) in [5, 5.41) is 0.610. The Morgan fingerprint density at radius 1 is 1.16 bits per heavy atom. The van der Waals surface area contributed by atoms with Crippen molar-refractivity contribution in [2.75, 3.05) is 26.1 Å². The van der Waals surface area contributed by atoms with Crippen LogP contribution in [0.15, 0.2) is 86.1 Å². The molecule has 0 radical (unpaired) electrons. The molecule has 0 saturated carbocycles. The van der Waals surface area contributed by atoms with Gasteiger partial charge in [0, 0.05) is 36.4 Å². The molecule has 7 nitrogen and oxygen atoms in total.